The summed E-state index contributed by atoms with van der Waals surface area (Å²) in [5.41, 5.74) is 2.51. The molecule has 2 atom stereocenters. The fourth-order valence-electron chi connectivity index (χ4n) is 2.57. The van der Waals surface area contributed by atoms with E-state index < -0.39 is 6.09 Å². The van der Waals surface area contributed by atoms with E-state index in [1.54, 1.807) is 11.8 Å². The Morgan fingerprint density at radius 2 is 2.21 bits per heavy atom. The Hall–Kier alpha value is -1.20. The van der Waals surface area contributed by atoms with E-state index in [0.29, 0.717) is 0 Å². The van der Waals surface area contributed by atoms with Crippen molar-refractivity contribution >= 4 is 17.9 Å². The number of benzene rings is 1. The number of fused-ring (bicyclic) bond motifs is 1. The second kappa shape index (κ2) is 6.82. The number of hydrogen-bond acceptors (Lipinski definition) is 3. The molecule has 0 fully saturated rings. The van der Waals surface area contributed by atoms with E-state index >= 15 is 0 Å². The molecule has 1 aromatic rings. The van der Waals surface area contributed by atoms with Gasteiger partial charge in [0.05, 0.1) is 0 Å². The summed E-state index contributed by atoms with van der Waals surface area (Å²) in [7, 11) is 0. The monoisotopic (exact) mass is 281 g/mol. The first-order valence-electron chi connectivity index (χ1n) is 6.48. The average molecular weight is 281 g/mol. The molecular weight excluding hydrogens is 262 g/mol. The van der Waals surface area contributed by atoms with Crippen molar-refractivity contribution in [3.8, 4) is 0 Å². The maximum absolute atomic E-state index is 10.9. The first-order valence-corrected chi connectivity index (χ1v) is 7.63. The molecule has 0 bridgehead atoms. The van der Waals surface area contributed by atoms with Gasteiger partial charge in [-0.15, -0.1) is 0 Å². The standard InChI is InChI=1S/C14H19NO3S/c16-6-3-7-19-9-12-11-5-2-1-4-10(11)8-13(12)15-14(17)18/h1-2,4-5,12-13,15-16H,3,6-9H2,(H,17,18)/t12-,13+/m0/s1. The van der Waals surface area contributed by atoms with E-state index in [9.17, 15) is 4.79 Å². The van der Waals surface area contributed by atoms with Crippen LogP contribution in [-0.4, -0.2) is 40.5 Å². The second-order valence-electron chi connectivity index (χ2n) is 4.72. The van der Waals surface area contributed by atoms with Crippen LogP contribution >= 0.6 is 11.8 Å². The lowest BCUT2D eigenvalue weighted by Crippen LogP contribution is -2.37. The number of aliphatic hydroxyl groups excluding tert-OH is 1. The van der Waals surface area contributed by atoms with Crippen molar-refractivity contribution in [2.75, 3.05) is 18.1 Å². The van der Waals surface area contributed by atoms with Gasteiger partial charge in [-0.05, 0) is 29.7 Å². The van der Waals surface area contributed by atoms with E-state index in [-0.39, 0.29) is 18.6 Å². The number of aliphatic hydroxyl groups is 1. The lowest BCUT2D eigenvalue weighted by atomic mass is 10.0. The van der Waals surface area contributed by atoms with Crippen molar-refractivity contribution in [3.05, 3.63) is 35.4 Å². The van der Waals surface area contributed by atoms with Crippen LogP contribution in [0.15, 0.2) is 24.3 Å². The van der Waals surface area contributed by atoms with Gasteiger partial charge in [-0.1, -0.05) is 24.3 Å². The highest BCUT2D eigenvalue weighted by atomic mass is 32.2. The molecule has 4 nitrogen and oxygen atoms in total. The number of carboxylic acid groups (broad SMARTS) is 1. The summed E-state index contributed by atoms with van der Waals surface area (Å²) in [4.78, 5) is 10.9. The molecule has 2 rings (SSSR count). The molecule has 1 aliphatic rings. The van der Waals surface area contributed by atoms with Gasteiger partial charge in [-0.2, -0.15) is 11.8 Å². The summed E-state index contributed by atoms with van der Waals surface area (Å²) in [5.74, 6) is 2.03. The predicted octanol–water partition coefficient (Wildman–Crippen LogP) is 2.08. The van der Waals surface area contributed by atoms with E-state index in [1.807, 2.05) is 12.1 Å². The Labute approximate surface area is 117 Å². The van der Waals surface area contributed by atoms with E-state index in [0.717, 1.165) is 24.3 Å². The van der Waals surface area contributed by atoms with Crippen LogP contribution in [0.1, 0.15) is 23.5 Å². The highest BCUT2D eigenvalue weighted by molar-refractivity contribution is 7.99. The fourth-order valence-corrected chi connectivity index (χ4v) is 3.74. The van der Waals surface area contributed by atoms with Crippen molar-refractivity contribution < 1.29 is 15.0 Å². The second-order valence-corrected chi connectivity index (χ2v) is 5.87. The molecule has 0 heterocycles. The van der Waals surface area contributed by atoms with Gasteiger partial charge in [0.1, 0.15) is 0 Å². The third-order valence-electron chi connectivity index (χ3n) is 3.43. The molecule has 104 valence electrons. The zero-order chi connectivity index (χ0) is 13.7. The fraction of sp³-hybridized carbons (Fsp3) is 0.500. The third kappa shape index (κ3) is 3.64. The van der Waals surface area contributed by atoms with Crippen LogP contribution in [0.3, 0.4) is 0 Å². The Morgan fingerprint density at radius 1 is 1.42 bits per heavy atom. The molecular formula is C14H19NO3S. The molecule has 0 saturated carbocycles. The smallest absolute Gasteiger partial charge is 0.404 e. The van der Waals surface area contributed by atoms with Crippen LogP contribution in [0.25, 0.3) is 0 Å². The normalized spacial score (nSPS) is 21.1. The Kier molecular flexibility index (Phi) is 5.10. The Balaban J connectivity index is 2.03. The minimum Gasteiger partial charge on any atom is -0.465 e. The number of amides is 1. The van der Waals surface area contributed by atoms with Crippen molar-refractivity contribution in [2.45, 2.75) is 24.8 Å². The molecule has 1 amide bonds. The van der Waals surface area contributed by atoms with Gasteiger partial charge in [-0.25, -0.2) is 4.79 Å². The van der Waals surface area contributed by atoms with Gasteiger partial charge in [0.15, 0.2) is 0 Å². The Bertz CT molecular complexity index is 438. The number of hydrogen-bond donors (Lipinski definition) is 3. The van der Waals surface area contributed by atoms with Gasteiger partial charge in [0.2, 0.25) is 0 Å². The molecule has 0 aliphatic heterocycles. The van der Waals surface area contributed by atoms with Gasteiger partial charge in [-0.3, -0.25) is 0 Å². The van der Waals surface area contributed by atoms with Crippen molar-refractivity contribution in [1.82, 2.24) is 5.32 Å². The quantitative estimate of drug-likeness (QED) is 0.698. The lowest BCUT2D eigenvalue weighted by Gasteiger charge is -2.20. The molecule has 5 heteroatoms. The predicted molar refractivity (Wildman–Crippen MR) is 76.9 cm³/mol. The van der Waals surface area contributed by atoms with Gasteiger partial charge >= 0.3 is 6.09 Å². The topological polar surface area (TPSA) is 69.6 Å². The summed E-state index contributed by atoms with van der Waals surface area (Å²) >= 11 is 1.78. The Morgan fingerprint density at radius 3 is 2.95 bits per heavy atom. The molecule has 0 aromatic heterocycles. The largest absolute Gasteiger partial charge is 0.465 e. The van der Waals surface area contributed by atoms with Crippen LogP contribution in [0.5, 0.6) is 0 Å². The van der Waals surface area contributed by atoms with E-state index in [2.05, 4.69) is 17.4 Å². The SMILES string of the molecule is O=C(O)N[C@@H]1Cc2ccccc2[C@@H]1CSCCCO. The molecule has 0 unspecified atom stereocenters. The van der Waals surface area contributed by atoms with E-state index in [1.165, 1.54) is 11.1 Å². The number of nitrogens with one attached hydrogen (secondary N) is 1. The van der Waals surface area contributed by atoms with Crippen molar-refractivity contribution in [1.29, 1.82) is 0 Å². The molecule has 0 saturated heterocycles. The zero-order valence-corrected chi connectivity index (χ0v) is 11.5. The van der Waals surface area contributed by atoms with Gasteiger partial charge in [0.25, 0.3) is 0 Å². The van der Waals surface area contributed by atoms with Gasteiger partial charge < -0.3 is 15.5 Å². The summed E-state index contributed by atoms with van der Waals surface area (Å²) in [5, 5.41) is 20.3. The zero-order valence-electron chi connectivity index (χ0n) is 10.7. The molecule has 1 aliphatic carbocycles. The molecule has 3 N–H and O–H groups in total. The maximum atomic E-state index is 10.9. The minimum absolute atomic E-state index is 0.0310. The highest BCUT2D eigenvalue weighted by Crippen LogP contribution is 2.35. The highest BCUT2D eigenvalue weighted by Gasteiger charge is 2.32. The van der Waals surface area contributed by atoms with Crippen LogP contribution in [-0.2, 0) is 6.42 Å². The molecule has 0 radical (unpaired) electrons. The molecule has 0 spiro atoms. The summed E-state index contributed by atoms with van der Waals surface area (Å²) in [6, 6.07) is 8.14. The number of carbonyl (C=O) groups is 1. The van der Waals surface area contributed by atoms with Crippen LogP contribution in [0.2, 0.25) is 0 Å². The maximum Gasteiger partial charge on any atom is 0.404 e. The van der Waals surface area contributed by atoms with Gasteiger partial charge in [0, 0.05) is 24.3 Å². The first-order chi connectivity index (χ1) is 9.22. The third-order valence-corrected chi connectivity index (χ3v) is 4.61. The van der Waals surface area contributed by atoms with Crippen LogP contribution < -0.4 is 5.32 Å². The van der Waals surface area contributed by atoms with E-state index in [4.69, 9.17) is 10.2 Å². The molecule has 19 heavy (non-hydrogen) atoms. The first kappa shape index (κ1) is 14.2. The van der Waals surface area contributed by atoms with Crippen LogP contribution in [0, 0.1) is 0 Å². The minimum atomic E-state index is -0.955. The number of thioether (sulfide) groups is 1. The number of rotatable bonds is 6. The summed E-state index contributed by atoms with van der Waals surface area (Å²) < 4.78 is 0. The summed E-state index contributed by atoms with van der Waals surface area (Å²) in [6.07, 6.45) is 0.604. The summed E-state index contributed by atoms with van der Waals surface area (Å²) in [6.45, 7) is 0.213. The van der Waals surface area contributed by atoms with Crippen molar-refractivity contribution in [2.24, 2.45) is 0 Å². The van der Waals surface area contributed by atoms with Crippen LogP contribution in [0.4, 0.5) is 4.79 Å². The average Bonchev–Trinajstić information content (AvgIpc) is 2.72. The molecule has 1 aromatic carbocycles. The lowest BCUT2D eigenvalue weighted by molar-refractivity contribution is 0.189. The van der Waals surface area contributed by atoms with Crippen molar-refractivity contribution in [3.63, 3.8) is 0 Å².